The molecule has 0 aromatic carbocycles. The van der Waals surface area contributed by atoms with Crippen LogP contribution in [0.5, 0.6) is 0 Å². The predicted octanol–water partition coefficient (Wildman–Crippen LogP) is 4.20. The summed E-state index contributed by atoms with van der Waals surface area (Å²) in [5.74, 6) is -0.279. The van der Waals surface area contributed by atoms with Gasteiger partial charge in [-0.2, -0.15) is 0 Å². The fraction of sp³-hybridized carbons (Fsp3) is 0.688. The Morgan fingerprint density at radius 1 is 1.42 bits per heavy atom. The lowest BCUT2D eigenvalue weighted by Gasteiger charge is -2.23. The van der Waals surface area contributed by atoms with Gasteiger partial charge < -0.3 is 9.84 Å². The zero-order valence-electron chi connectivity index (χ0n) is 12.9. The average molecular weight is 268 g/mol. The fourth-order valence-electron chi connectivity index (χ4n) is 1.83. The minimum absolute atomic E-state index is 0.0314. The van der Waals surface area contributed by atoms with Crippen LogP contribution in [-0.2, 0) is 9.53 Å². The van der Waals surface area contributed by atoms with Gasteiger partial charge in [-0.3, -0.25) is 0 Å². The number of hydrogen-bond acceptors (Lipinski definition) is 2. The van der Waals surface area contributed by atoms with Crippen molar-refractivity contribution in [3.8, 4) is 0 Å². The van der Waals surface area contributed by atoms with Crippen LogP contribution in [0.1, 0.15) is 53.4 Å². The van der Waals surface area contributed by atoms with Gasteiger partial charge in [-0.05, 0) is 45.1 Å². The summed E-state index contributed by atoms with van der Waals surface area (Å²) in [6.45, 7) is 8.24. The number of carboxylic acid groups (broad SMARTS) is 1. The summed E-state index contributed by atoms with van der Waals surface area (Å²) in [5.41, 5.74) is 0.747. The summed E-state index contributed by atoms with van der Waals surface area (Å²) in [6.07, 6.45) is 9.53. The Kier molecular flexibility index (Phi) is 8.41. The van der Waals surface area contributed by atoms with Crippen LogP contribution in [0.25, 0.3) is 0 Å². The number of rotatable bonds is 9. The zero-order chi connectivity index (χ0) is 14.9. The highest BCUT2D eigenvalue weighted by Crippen LogP contribution is 2.20. The summed E-state index contributed by atoms with van der Waals surface area (Å²) >= 11 is 0. The maximum atomic E-state index is 10.4. The van der Waals surface area contributed by atoms with Gasteiger partial charge in [0.25, 0.3) is 0 Å². The highest BCUT2D eigenvalue weighted by atomic mass is 16.5. The molecular weight excluding hydrogens is 240 g/mol. The van der Waals surface area contributed by atoms with Gasteiger partial charge in [0, 0.05) is 13.2 Å². The Bertz CT molecular complexity index is 327. The molecule has 0 spiro atoms. The van der Waals surface area contributed by atoms with Gasteiger partial charge in [0.1, 0.15) is 0 Å². The average Bonchev–Trinajstić information content (AvgIpc) is 2.27. The molecule has 0 amide bonds. The molecule has 0 rings (SSSR count). The molecule has 0 aliphatic carbocycles. The number of hydrogen-bond donors (Lipinski definition) is 1. The van der Waals surface area contributed by atoms with Crippen molar-refractivity contribution in [2.75, 3.05) is 7.11 Å². The topological polar surface area (TPSA) is 46.5 Å². The van der Waals surface area contributed by atoms with Crippen molar-refractivity contribution in [1.29, 1.82) is 0 Å². The molecule has 3 heteroatoms. The van der Waals surface area contributed by atoms with E-state index < -0.39 is 5.97 Å². The normalized spacial score (nSPS) is 14.9. The van der Waals surface area contributed by atoms with Crippen LogP contribution in [0.2, 0.25) is 0 Å². The zero-order valence-corrected chi connectivity index (χ0v) is 12.9. The summed E-state index contributed by atoms with van der Waals surface area (Å²) in [6, 6.07) is 0. The first-order valence-corrected chi connectivity index (χ1v) is 6.90. The summed E-state index contributed by atoms with van der Waals surface area (Å²) in [7, 11) is 1.75. The van der Waals surface area contributed by atoms with E-state index in [4.69, 9.17) is 9.84 Å². The van der Waals surface area contributed by atoms with E-state index in [1.54, 1.807) is 14.0 Å². The molecule has 0 radical (unpaired) electrons. The molecule has 1 atom stereocenters. The van der Waals surface area contributed by atoms with E-state index in [9.17, 15) is 4.79 Å². The molecule has 1 N–H and O–H groups in total. The minimum atomic E-state index is -0.892. The second-order valence-corrected chi connectivity index (χ2v) is 5.83. The Balaban J connectivity index is 3.91. The quantitative estimate of drug-likeness (QED) is 0.503. The van der Waals surface area contributed by atoms with E-state index in [1.165, 1.54) is 12.5 Å². The van der Waals surface area contributed by atoms with Gasteiger partial charge in [-0.25, -0.2) is 4.79 Å². The second kappa shape index (κ2) is 8.92. The van der Waals surface area contributed by atoms with Crippen LogP contribution in [0, 0.1) is 5.92 Å². The number of methoxy groups -OCH3 is 1. The molecule has 0 unspecified atom stereocenters. The van der Waals surface area contributed by atoms with Gasteiger partial charge in [0.15, 0.2) is 0 Å². The summed E-state index contributed by atoms with van der Waals surface area (Å²) in [4.78, 5) is 10.4. The van der Waals surface area contributed by atoms with Gasteiger partial charge in [-0.1, -0.05) is 31.9 Å². The smallest absolute Gasteiger partial charge is 0.328 e. The highest BCUT2D eigenvalue weighted by Gasteiger charge is 2.15. The van der Waals surface area contributed by atoms with Gasteiger partial charge in [0.05, 0.1) is 5.60 Å². The van der Waals surface area contributed by atoms with Gasteiger partial charge >= 0.3 is 5.97 Å². The van der Waals surface area contributed by atoms with Crippen LogP contribution >= 0.6 is 0 Å². The SMILES string of the molecule is COC(C)(C)CCC[C@H](C)C/C=C/C(C)=C/C(=O)O. The largest absolute Gasteiger partial charge is 0.478 e. The second-order valence-electron chi connectivity index (χ2n) is 5.83. The van der Waals surface area contributed by atoms with Gasteiger partial charge in [0.2, 0.25) is 0 Å². The third-order valence-corrected chi connectivity index (χ3v) is 3.30. The van der Waals surface area contributed by atoms with E-state index >= 15 is 0 Å². The maximum absolute atomic E-state index is 10.4. The molecule has 0 aromatic heterocycles. The summed E-state index contributed by atoms with van der Waals surface area (Å²) in [5, 5.41) is 8.59. The first kappa shape index (κ1) is 17.9. The summed E-state index contributed by atoms with van der Waals surface area (Å²) < 4.78 is 5.39. The molecule has 0 aromatic rings. The molecule has 3 nitrogen and oxygen atoms in total. The van der Waals surface area contributed by atoms with Crippen molar-refractivity contribution in [2.45, 2.75) is 59.0 Å². The van der Waals surface area contributed by atoms with E-state index in [1.807, 2.05) is 6.08 Å². The first-order valence-electron chi connectivity index (χ1n) is 6.90. The lowest BCUT2D eigenvalue weighted by atomic mass is 9.95. The molecule has 110 valence electrons. The predicted molar refractivity (Wildman–Crippen MR) is 79.3 cm³/mol. The Hall–Kier alpha value is -1.09. The number of allylic oxidation sites excluding steroid dienone is 3. The van der Waals surface area contributed by atoms with Gasteiger partial charge in [-0.15, -0.1) is 0 Å². The van der Waals surface area contributed by atoms with E-state index in [2.05, 4.69) is 26.8 Å². The van der Waals surface area contributed by atoms with E-state index in [0.29, 0.717) is 5.92 Å². The molecule has 0 saturated heterocycles. The van der Waals surface area contributed by atoms with Crippen molar-refractivity contribution in [1.82, 2.24) is 0 Å². The Labute approximate surface area is 117 Å². The van der Waals surface area contributed by atoms with Crippen molar-refractivity contribution in [3.63, 3.8) is 0 Å². The number of ether oxygens (including phenoxy) is 1. The monoisotopic (exact) mass is 268 g/mol. The third-order valence-electron chi connectivity index (χ3n) is 3.30. The van der Waals surface area contributed by atoms with Crippen LogP contribution < -0.4 is 0 Å². The molecule has 19 heavy (non-hydrogen) atoms. The fourth-order valence-corrected chi connectivity index (χ4v) is 1.83. The number of carboxylic acids is 1. The lowest BCUT2D eigenvalue weighted by Crippen LogP contribution is -2.22. The lowest BCUT2D eigenvalue weighted by molar-refractivity contribution is -0.131. The Morgan fingerprint density at radius 2 is 2.05 bits per heavy atom. The first-order chi connectivity index (χ1) is 8.76. The molecule has 0 fully saturated rings. The van der Waals surface area contributed by atoms with Crippen molar-refractivity contribution < 1.29 is 14.6 Å². The highest BCUT2D eigenvalue weighted by molar-refractivity contribution is 5.81. The van der Waals surface area contributed by atoms with Crippen LogP contribution in [0.15, 0.2) is 23.8 Å². The molecule has 0 heterocycles. The standard InChI is InChI=1S/C16H28O3/c1-13(10-7-11-16(3,4)19-5)8-6-9-14(2)12-15(17)18/h6,9,12-13H,7-8,10-11H2,1-5H3,(H,17,18)/b9-6+,14-12+/t13-/m1/s1. The number of carbonyl (C=O) groups is 1. The minimum Gasteiger partial charge on any atom is -0.478 e. The Morgan fingerprint density at radius 3 is 2.58 bits per heavy atom. The van der Waals surface area contributed by atoms with Crippen molar-refractivity contribution in [2.24, 2.45) is 5.92 Å². The van der Waals surface area contributed by atoms with Crippen molar-refractivity contribution in [3.05, 3.63) is 23.8 Å². The maximum Gasteiger partial charge on any atom is 0.328 e. The van der Waals surface area contributed by atoms with Crippen LogP contribution in [0.3, 0.4) is 0 Å². The molecular formula is C16H28O3. The van der Waals surface area contributed by atoms with E-state index in [-0.39, 0.29) is 5.60 Å². The number of aliphatic carboxylic acids is 1. The van der Waals surface area contributed by atoms with Crippen molar-refractivity contribution >= 4 is 5.97 Å². The molecule has 0 aliphatic rings. The van der Waals surface area contributed by atoms with Crippen LogP contribution in [-0.4, -0.2) is 23.8 Å². The molecule has 0 aliphatic heterocycles. The van der Waals surface area contributed by atoms with Crippen LogP contribution in [0.4, 0.5) is 0 Å². The molecule has 0 saturated carbocycles. The third kappa shape index (κ3) is 10.5. The van der Waals surface area contributed by atoms with E-state index in [0.717, 1.165) is 24.8 Å². The molecule has 0 bridgehead atoms.